The second-order valence-corrected chi connectivity index (χ2v) is 5.86. The standard InChI is InChI=1S/C17H21NO3/c1-11-3-6-15-13(10-21-17(15)12(11)2)9-16(20)18(7-8-19)14-4-5-14/h3,6,10,14,19H,4-5,7-9H2,1-2H3. The average molecular weight is 287 g/mol. The third-order valence-electron chi connectivity index (χ3n) is 4.33. The summed E-state index contributed by atoms with van der Waals surface area (Å²) in [6, 6.07) is 4.41. The number of nitrogens with zero attached hydrogens (tertiary/aromatic N) is 1. The summed E-state index contributed by atoms with van der Waals surface area (Å²) in [7, 11) is 0. The van der Waals surface area contributed by atoms with Gasteiger partial charge in [0.05, 0.1) is 19.3 Å². The first-order chi connectivity index (χ1) is 10.1. The zero-order valence-electron chi connectivity index (χ0n) is 12.6. The number of hydrogen-bond donors (Lipinski definition) is 1. The van der Waals surface area contributed by atoms with E-state index in [0.29, 0.717) is 19.0 Å². The van der Waals surface area contributed by atoms with E-state index in [4.69, 9.17) is 9.52 Å². The number of fused-ring (bicyclic) bond motifs is 1. The van der Waals surface area contributed by atoms with E-state index in [1.54, 1.807) is 11.2 Å². The number of carbonyl (C=O) groups is 1. The highest BCUT2D eigenvalue weighted by atomic mass is 16.3. The van der Waals surface area contributed by atoms with Gasteiger partial charge in [-0.25, -0.2) is 0 Å². The Bertz CT molecular complexity index is 670. The molecule has 4 heteroatoms. The molecule has 3 rings (SSSR count). The SMILES string of the molecule is Cc1ccc2c(CC(=O)N(CCO)C3CC3)coc2c1C. The molecule has 1 aromatic carbocycles. The van der Waals surface area contributed by atoms with Gasteiger partial charge in [-0.3, -0.25) is 4.79 Å². The molecule has 0 bridgehead atoms. The van der Waals surface area contributed by atoms with Gasteiger partial charge in [0.1, 0.15) is 5.58 Å². The van der Waals surface area contributed by atoms with E-state index >= 15 is 0 Å². The summed E-state index contributed by atoms with van der Waals surface area (Å²) in [5.74, 6) is 0.0764. The minimum absolute atomic E-state index is 0.0205. The van der Waals surface area contributed by atoms with E-state index in [2.05, 4.69) is 13.0 Å². The maximum atomic E-state index is 12.5. The van der Waals surface area contributed by atoms with Gasteiger partial charge >= 0.3 is 0 Å². The molecular formula is C17H21NO3. The molecule has 1 aromatic heterocycles. The monoisotopic (exact) mass is 287 g/mol. The van der Waals surface area contributed by atoms with Crippen LogP contribution in [-0.2, 0) is 11.2 Å². The first-order valence-corrected chi connectivity index (χ1v) is 7.48. The Balaban J connectivity index is 1.84. The molecule has 0 saturated heterocycles. The molecule has 2 aromatic rings. The van der Waals surface area contributed by atoms with Crippen LogP contribution in [-0.4, -0.2) is 35.1 Å². The smallest absolute Gasteiger partial charge is 0.227 e. The number of aryl methyl sites for hydroxylation is 2. The van der Waals surface area contributed by atoms with Gasteiger partial charge in [0.25, 0.3) is 0 Å². The molecule has 112 valence electrons. The van der Waals surface area contributed by atoms with E-state index in [-0.39, 0.29) is 12.5 Å². The summed E-state index contributed by atoms with van der Waals surface area (Å²) in [6.45, 7) is 4.54. The lowest BCUT2D eigenvalue weighted by Gasteiger charge is -2.21. The highest BCUT2D eigenvalue weighted by Gasteiger charge is 2.32. The average Bonchev–Trinajstić information content (AvgIpc) is 3.22. The molecule has 1 aliphatic carbocycles. The Morgan fingerprint density at radius 2 is 2.14 bits per heavy atom. The maximum absolute atomic E-state index is 12.5. The highest BCUT2D eigenvalue weighted by molar-refractivity contribution is 5.89. The van der Waals surface area contributed by atoms with Gasteiger partial charge in [0.2, 0.25) is 5.91 Å². The highest BCUT2D eigenvalue weighted by Crippen LogP contribution is 2.30. The number of aliphatic hydroxyl groups is 1. The van der Waals surface area contributed by atoms with Gasteiger partial charge < -0.3 is 14.4 Å². The molecule has 0 radical (unpaired) electrons. The van der Waals surface area contributed by atoms with Crippen LogP contribution in [0.15, 0.2) is 22.8 Å². The van der Waals surface area contributed by atoms with Crippen LogP contribution in [0, 0.1) is 13.8 Å². The Hall–Kier alpha value is -1.81. The summed E-state index contributed by atoms with van der Waals surface area (Å²) in [4.78, 5) is 14.3. The summed E-state index contributed by atoms with van der Waals surface area (Å²) in [5, 5.41) is 10.1. The molecule has 0 unspecified atom stereocenters. The lowest BCUT2D eigenvalue weighted by Crippen LogP contribution is -2.36. The molecule has 0 aliphatic heterocycles. The quantitative estimate of drug-likeness (QED) is 0.919. The summed E-state index contributed by atoms with van der Waals surface area (Å²) < 4.78 is 5.66. The number of benzene rings is 1. The van der Waals surface area contributed by atoms with Gasteiger partial charge in [0, 0.05) is 23.5 Å². The van der Waals surface area contributed by atoms with Crippen LogP contribution in [0.25, 0.3) is 11.0 Å². The Labute approximate surface area is 124 Å². The van der Waals surface area contributed by atoms with E-state index in [1.165, 1.54) is 5.56 Å². The van der Waals surface area contributed by atoms with Crippen molar-refractivity contribution in [1.82, 2.24) is 4.90 Å². The van der Waals surface area contributed by atoms with Crippen LogP contribution in [0.2, 0.25) is 0 Å². The summed E-state index contributed by atoms with van der Waals surface area (Å²) in [6.07, 6.45) is 4.14. The molecule has 1 amide bonds. The molecule has 1 aliphatic rings. The van der Waals surface area contributed by atoms with Crippen molar-refractivity contribution in [2.45, 2.75) is 39.2 Å². The molecule has 1 N–H and O–H groups in total. The van der Waals surface area contributed by atoms with Crippen molar-refractivity contribution in [3.63, 3.8) is 0 Å². The number of rotatable bonds is 5. The van der Waals surface area contributed by atoms with Gasteiger partial charge in [-0.2, -0.15) is 0 Å². The summed E-state index contributed by atoms with van der Waals surface area (Å²) in [5.41, 5.74) is 4.12. The number of furan rings is 1. The van der Waals surface area contributed by atoms with Crippen molar-refractivity contribution in [2.75, 3.05) is 13.2 Å². The number of amides is 1. The van der Waals surface area contributed by atoms with Gasteiger partial charge in [-0.05, 0) is 37.8 Å². The molecule has 1 saturated carbocycles. The Kier molecular flexibility index (Phi) is 3.72. The van der Waals surface area contributed by atoms with Crippen molar-refractivity contribution in [3.05, 3.63) is 35.1 Å². The number of aliphatic hydroxyl groups excluding tert-OH is 1. The molecule has 4 nitrogen and oxygen atoms in total. The van der Waals surface area contributed by atoms with Crippen molar-refractivity contribution in [1.29, 1.82) is 0 Å². The minimum atomic E-state index is 0.0205. The fraction of sp³-hybridized carbons (Fsp3) is 0.471. The van der Waals surface area contributed by atoms with Crippen LogP contribution in [0.1, 0.15) is 29.5 Å². The van der Waals surface area contributed by atoms with Crippen molar-refractivity contribution < 1.29 is 14.3 Å². The van der Waals surface area contributed by atoms with Crippen LogP contribution in [0.4, 0.5) is 0 Å². The zero-order chi connectivity index (χ0) is 15.0. The van der Waals surface area contributed by atoms with Crippen molar-refractivity contribution in [3.8, 4) is 0 Å². The normalized spacial score (nSPS) is 14.6. The molecule has 1 fully saturated rings. The largest absolute Gasteiger partial charge is 0.464 e. The topological polar surface area (TPSA) is 53.7 Å². The second kappa shape index (κ2) is 5.53. The van der Waals surface area contributed by atoms with Gasteiger partial charge in [-0.15, -0.1) is 0 Å². The minimum Gasteiger partial charge on any atom is -0.464 e. The molecule has 0 atom stereocenters. The number of hydrogen-bond acceptors (Lipinski definition) is 3. The van der Waals surface area contributed by atoms with Crippen LogP contribution in [0.3, 0.4) is 0 Å². The summed E-state index contributed by atoms with van der Waals surface area (Å²) >= 11 is 0. The lowest BCUT2D eigenvalue weighted by atomic mass is 10.0. The molecule has 21 heavy (non-hydrogen) atoms. The Morgan fingerprint density at radius 3 is 2.81 bits per heavy atom. The van der Waals surface area contributed by atoms with Crippen LogP contribution < -0.4 is 0 Å². The third kappa shape index (κ3) is 2.68. The third-order valence-corrected chi connectivity index (χ3v) is 4.33. The van der Waals surface area contributed by atoms with E-state index in [1.807, 2.05) is 13.0 Å². The fourth-order valence-corrected chi connectivity index (χ4v) is 2.79. The predicted molar refractivity (Wildman–Crippen MR) is 81.2 cm³/mol. The zero-order valence-corrected chi connectivity index (χ0v) is 12.6. The molecule has 1 heterocycles. The van der Waals surface area contributed by atoms with E-state index in [9.17, 15) is 4.79 Å². The fourth-order valence-electron chi connectivity index (χ4n) is 2.79. The first kappa shape index (κ1) is 14.1. The molecular weight excluding hydrogens is 266 g/mol. The van der Waals surface area contributed by atoms with Crippen molar-refractivity contribution >= 4 is 16.9 Å². The van der Waals surface area contributed by atoms with Crippen LogP contribution in [0.5, 0.6) is 0 Å². The predicted octanol–water partition coefficient (Wildman–Crippen LogP) is 2.58. The molecule has 0 spiro atoms. The van der Waals surface area contributed by atoms with Crippen LogP contribution >= 0.6 is 0 Å². The van der Waals surface area contributed by atoms with Gasteiger partial charge in [0.15, 0.2) is 0 Å². The van der Waals surface area contributed by atoms with E-state index in [0.717, 1.165) is 34.9 Å². The lowest BCUT2D eigenvalue weighted by molar-refractivity contribution is -0.131. The first-order valence-electron chi connectivity index (χ1n) is 7.48. The number of carbonyl (C=O) groups excluding carboxylic acids is 1. The van der Waals surface area contributed by atoms with Crippen molar-refractivity contribution in [2.24, 2.45) is 0 Å². The van der Waals surface area contributed by atoms with E-state index < -0.39 is 0 Å². The second-order valence-electron chi connectivity index (χ2n) is 5.86. The Morgan fingerprint density at radius 1 is 1.38 bits per heavy atom. The maximum Gasteiger partial charge on any atom is 0.227 e. The van der Waals surface area contributed by atoms with Gasteiger partial charge in [-0.1, -0.05) is 12.1 Å².